The molecule has 0 spiro atoms. The maximum absolute atomic E-state index is 12.4. The van der Waals surface area contributed by atoms with Crippen LogP contribution in [0.3, 0.4) is 0 Å². The molecule has 2 N–H and O–H groups in total. The average Bonchev–Trinajstić information content (AvgIpc) is 3.43. The number of methoxy groups -OCH3 is 1. The number of hydrogen-bond acceptors (Lipinski definition) is 5. The number of carbonyl (C=O) groups is 1. The molecule has 1 aliphatic carbocycles. The Morgan fingerprint density at radius 2 is 2.04 bits per heavy atom. The Morgan fingerprint density at radius 3 is 2.75 bits per heavy atom. The van der Waals surface area contributed by atoms with Crippen LogP contribution in [0, 0.1) is 0 Å². The van der Waals surface area contributed by atoms with Gasteiger partial charge >= 0.3 is 0 Å². The summed E-state index contributed by atoms with van der Waals surface area (Å²) in [4.78, 5) is 21.3. The van der Waals surface area contributed by atoms with Crippen molar-refractivity contribution in [1.82, 2.24) is 15.3 Å². The van der Waals surface area contributed by atoms with Gasteiger partial charge in [0.15, 0.2) is 5.82 Å². The van der Waals surface area contributed by atoms with Crippen LogP contribution in [0.2, 0.25) is 0 Å². The number of hydrogen-bond donors (Lipinski definition) is 2. The van der Waals surface area contributed by atoms with Crippen molar-refractivity contribution in [2.45, 2.75) is 25.3 Å². The number of carbonyl (C=O) groups excluding carboxylic acids is 1. The summed E-state index contributed by atoms with van der Waals surface area (Å²) in [6.45, 7) is 1.40. The summed E-state index contributed by atoms with van der Waals surface area (Å²) < 4.78 is 5.05. The SMILES string of the molecule is COCCCNc1cc(C(=O)NC2CC2)nc(-c2ccccc2)n1. The van der Waals surface area contributed by atoms with Crippen LogP contribution in [0.4, 0.5) is 5.82 Å². The lowest BCUT2D eigenvalue weighted by Crippen LogP contribution is -2.26. The third-order valence-electron chi connectivity index (χ3n) is 3.73. The van der Waals surface area contributed by atoms with Gasteiger partial charge in [0, 0.05) is 37.9 Å². The van der Waals surface area contributed by atoms with E-state index < -0.39 is 0 Å². The van der Waals surface area contributed by atoms with Gasteiger partial charge in [0.1, 0.15) is 11.5 Å². The number of ether oxygens (including phenoxy) is 1. The monoisotopic (exact) mass is 326 g/mol. The van der Waals surface area contributed by atoms with Crippen LogP contribution in [0.5, 0.6) is 0 Å². The number of nitrogens with zero attached hydrogens (tertiary/aromatic N) is 2. The van der Waals surface area contributed by atoms with Gasteiger partial charge in [0.25, 0.3) is 5.91 Å². The first-order valence-electron chi connectivity index (χ1n) is 8.24. The maximum atomic E-state index is 12.4. The van der Waals surface area contributed by atoms with Gasteiger partial charge in [0.2, 0.25) is 0 Å². The average molecular weight is 326 g/mol. The van der Waals surface area contributed by atoms with E-state index >= 15 is 0 Å². The summed E-state index contributed by atoms with van der Waals surface area (Å²) in [6.07, 6.45) is 2.96. The molecule has 1 heterocycles. The van der Waals surface area contributed by atoms with Gasteiger partial charge in [-0.15, -0.1) is 0 Å². The zero-order valence-electron chi connectivity index (χ0n) is 13.8. The molecule has 1 fully saturated rings. The van der Waals surface area contributed by atoms with Crippen molar-refractivity contribution in [3.63, 3.8) is 0 Å². The summed E-state index contributed by atoms with van der Waals surface area (Å²) in [7, 11) is 1.68. The molecule has 0 saturated heterocycles. The van der Waals surface area contributed by atoms with Crippen LogP contribution in [0.1, 0.15) is 29.8 Å². The molecule has 24 heavy (non-hydrogen) atoms. The van der Waals surface area contributed by atoms with Crippen LogP contribution in [-0.4, -0.2) is 42.2 Å². The van der Waals surface area contributed by atoms with Crippen molar-refractivity contribution in [2.75, 3.05) is 25.6 Å². The first-order chi connectivity index (χ1) is 11.8. The predicted molar refractivity (Wildman–Crippen MR) is 92.9 cm³/mol. The molecule has 0 unspecified atom stereocenters. The van der Waals surface area contributed by atoms with Crippen molar-refractivity contribution in [3.8, 4) is 11.4 Å². The molecule has 0 atom stereocenters. The van der Waals surface area contributed by atoms with Crippen LogP contribution in [0.25, 0.3) is 11.4 Å². The second kappa shape index (κ2) is 7.88. The van der Waals surface area contributed by atoms with E-state index in [1.54, 1.807) is 13.2 Å². The molecule has 1 aromatic carbocycles. The van der Waals surface area contributed by atoms with Gasteiger partial charge in [-0.1, -0.05) is 30.3 Å². The number of nitrogens with one attached hydrogen (secondary N) is 2. The van der Waals surface area contributed by atoms with E-state index in [1.165, 1.54) is 0 Å². The Hall–Kier alpha value is -2.47. The minimum atomic E-state index is -0.142. The third kappa shape index (κ3) is 4.52. The van der Waals surface area contributed by atoms with Crippen LogP contribution in [0.15, 0.2) is 36.4 Å². The normalized spacial score (nSPS) is 13.5. The molecule has 6 nitrogen and oxygen atoms in total. The largest absolute Gasteiger partial charge is 0.385 e. The standard InChI is InChI=1S/C18H22N4O2/c1-24-11-5-10-19-16-12-15(18(23)20-14-8-9-14)21-17(22-16)13-6-3-2-4-7-13/h2-4,6-7,12,14H,5,8-11H2,1H3,(H,20,23)(H,19,21,22). The van der Waals surface area contributed by atoms with Crippen molar-refractivity contribution in [3.05, 3.63) is 42.1 Å². The van der Waals surface area contributed by atoms with Gasteiger partial charge in [-0.3, -0.25) is 4.79 Å². The minimum absolute atomic E-state index is 0.142. The van der Waals surface area contributed by atoms with E-state index in [2.05, 4.69) is 20.6 Å². The molecule has 0 aliphatic heterocycles. The topological polar surface area (TPSA) is 76.1 Å². The van der Waals surface area contributed by atoms with Gasteiger partial charge < -0.3 is 15.4 Å². The van der Waals surface area contributed by atoms with Gasteiger partial charge in [-0.25, -0.2) is 9.97 Å². The Bertz CT molecular complexity index is 687. The van der Waals surface area contributed by atoms with Crippen molar-refractivity contribution in [1.29, 1.82) is 0 Å². The van der Waals surface area contributed by atoms with Gasteiger partial charge in [0.05, 0.1) is 0 Å². The van der Waals surface area contributed by atoms with Crippen LogP contribution < -0.4 is 10.6 Å². The lowest BCUT2D eigenvalue weighted by molar-refractivity contribution is 0.0946. The Morgan fingerprint density at radius 1 is 1.25 bits per heavy atom. The molecule has 0 radical (unpaired) electrons. The van der Waals surface area contributed by atoms with Crippen molar-refractivity contribution in [2.24, 2.45) is 0 Å². The molecule has 0 bridgehead atoms. The zero-order chi connectivity index (χ0) is 16.8. The van der Waals surface area contributed by atoms with E-state index in [1.807, 2.05) is 30.3 Å². The highest BCUT2D eigenvalue weighted by Gasteiger charge is 2.25. The summed E-state index contributed by atoms with van der Waals surface area (Å²) in [5, 5.41) is 6.22. The highest BCUT2D eigenvalue weighted by Crippen LogP contribution is 2.21. The van der Waals surface area contributed by atoms with E-state index in [0.29, 0.717) is 30.0 Å². The first-order valence-corrected chi connectivity index (χ1v) is 8.24. The zero-order valence-corrected chi connectivity index (χ0v) is 13.8. The molecule has 126 valence electrons. The predicted octanol–water partition coefficient (Wildman–Crippen LogP) is 2.48. The van der Waals surface area contributed by atoms with Crippen LogP contribution >= 0.6 is 0 Å². The number of aromatic nitrogens is 2. The fourth-order valence-electron chi connectivity index (χ4n) is 2.29. The fourth-order valence-corrected chi connectivity index (χ4v) is 2.29. The summed E-state index contributed by atoms with van der Waals surface area (Å²) in [6, 6.07) is 11.7. The second-order valence-electron chi connectivity index (χ2n) is 5.85. The number of amides is 1. The molecule has 3 rings (SSSR count). The summed E-state index contributed by atoms with van der Waals surface area (Å²) in [5.74, 6) is 1.06. The van der Waals surface area contributed by atoms with E-state index in [4.69, 9.17) is 4.74 Å². The molecule has 1 aliphatic rings. The second-order valence-corrected chi connectivity index (χ2v) is 5.85. The lowest BCUT2D eigenvalue weighted by atomic mass is 10.2. The summed E-state index contributed by atoms with van der Waals surface area (Å²) >= 11 is 0. The first kappa shape index (κ1) is 16.4. The molecule has 1 saturated carbocycles. The number of benzene rings is 1. The van der Waals surface area contributed by atoms with E-state index in [-0.39, 0.29) is 5.91 Å². The van der Waals surface area contributed by atoms with E-state index in [9.17, 15) is 4.79 Å². The highest BCUT2D eigenvalue weighted by atomic mass is 16.5. The Balaban J connectivity index is 1.82. The maximum Gasteiger partial charge on any atom is 0.270 e. The third-order valence-corrected chi connectivity index (χ3v) is 3.73. The number of rotatable bonds is 8. The molecule has 1 aromatic heterocycles. The Labute approximate surface area is 141 Å². The fraction of sp³-hybridized carbons (Fsp3) is 0.389. The molecular weight excluding hydrogens is 304 g/mol. The van der Waals surface area contributed by atoms with Crippen LogP contribution in [-0.2, 0) is 4.74 Å². The van der Waals surface area contributed by atoms with Gasteiger partial charge in [-0.05, 0) is 19.3 Å². The summed E-state index contributed by atoms with van der Waals surface area (Å²) in [5.41, 5.74) is 1.28. The number of anilines is 1. The van der Waals surface area contributed by atoms with Crippen molar-refractivity contribution < 1.29 is 9.53 Å². The Kier molecular flexibility index (Phi) is 5.38. The van der Waals surface area contributed by atoms with Crippen molar-refractivity contribution >= 4 is 11.7 Å². The molecule has 6 heteroatoms. The molecular formula is C18H22N4O2. The molecule has 2 aromatic rings. The smallest absolute Gasteiger partial charge is 0.270 e. The van der Waals surface area contributed by atoms with Gasteiger partial charge in [-0.2, -0.15) is 0 Å². The molecule has 1 amide bonds. The van der Waals surface area contributed by atoms with E-state index in [0.717, 1.165) is 31.4 Å². The highest BCUT2D eigenvalue weighted by molar-refractivity contribution is 5.93. The lowest BCUT2D eigenvalue weighted by Gasteiger charge is -2.10. The quantitative estimate of drug-likeness (QED) is 0.729. The minimum Gasteiger partial charge on any atom is -0.385 e.